The summed E-state index contributed by atoms with van der Waals surface area (Å²) in [6.07, 6.45) is 4.26. The van der Waals surface area contributed by atoms with E-state index in [0.29, 0.717) is 34.7 Å². The fourth-order valence-corrected chi connectivity index (χ4v) is 11.2. The molecule has 120 valence electrons. The first-order chi connectivity index (χ1) is 9.74. The highest BCUT2D eigenvalue weighted by Gasteiger charge is 2.71. The second kappa shape index (κ2) is 4.94. The molecule has 0 aromatic rings. The maximum Gasteiger partial charge on any atom is 0.200 e. The lowest BCUT2D eigenvalue weighted by molar-refractivity contribution is 0.169. The van der Waals surface area contributed by atoms with Gasteiger partial charge in [0.2, 0.25) is 8.32 Å². The number of epoxide rings is 1. The molecule has 21 heavy (non-hydrogen) atoms. The Bertz CT molecular complexity index is 421. The van der Waals surface area contributed by atoms with Gasteiger partial charge in [-0.15, -0.1) is 0 Å². The van der Waals surface area contributed by atoms with Crippen LogP contribution >= 0.6 is 0 Å². The van der Waals surface area contributed by atoms with Crippen molar-refractivity contribution in [1.82, 2.24) is 0 Å². The molecule has 4 atom stereocenters. The molecule has 1 saturated heterocycles. The van der Waals surface area contributed by atoms with E-state index in [1.807, 2.05) is 0 Å². The molecule has 1 aliphatic heterocycles. The molecule has 0 aromatic heterocycles. The van der Waals surface area contributed by atoms with E-state index >= 15 is 0 Å². The van der Waals surface area contributed by atoms with Crippen LogP contribution in [0.1, 0.15) is 60.8 Å². The van der Waals surface area contributed by atoms with Gasteiger partial charge < -0.3 is 9.16 Å². The minimum absolute atomic E-state index is 0.146. The Kier molecular flexibility index (Phi) is 3.71. The number of hydrogen-bond donors (Lipinski definition) is 0. The van der Waals surface area contributed by atoms with Gasteiger partial charge in [0.15, 0.2) is 0 Å². The quantitative estimate of drug-likeness (QED) is 0.402. The van der Waals surface area contributed by atoms with E-state index in [-0.39, 0.29) is 5.60 Å². The maximum atomic E-state index is 6.98. The predicted molar refractivity (Wildman–Crippen MR) is 90.0 cm³/mol. The second-order valence-corrected chi connectivity index (χ2v) is 13.9. The van der Waals surface area contributed by atoms with Crippen LogP contribution in [0, 0.1) is 5.92 Å². The minimum atomic E-state index is -1.75. The molecule has 0 bridgehead atoms. The Labute approximate surface area is 131 Å². The van der Waals surface area contributed by atoms with Crippen LogP contribution in [0.4, 0.5) is 0 Å². The van der Waals surface area contributed by atoms with Crippen LogP contribution < -0.4 is 0 Å². The summed E-state index contributed by atoms with van der Waals surface area (Å²) in [6, 6.07) is 0. The van der Waals surface area contributed by atoms with Crippen LogP contribution in [-0.4, -0.2) is 26.1 Å². The van der Waals surface area contributed by atoms with E-state index in [1.165, 1.54) is 18.4 Å². The van der Waals surface area contributed by atoms with E-state index in [9.17, 15) is 0 Å². The summed E-state index contributed by atoms with van der Waals surface area (Å²) in [6.45, 7) is 18.4. The molecule has 3 aliphatic rings. The Morgan fingerprint density at radius 3 is 2.14 bits per heavy atom. The maximum absolute atomic E-state index is 6.98. The van der Waals surface area contributed by atoms with Gasteiger partial charge in [0.05, 0.1) is 0 Å². The molecule has 3 rings (SSSR count). The summed E-state index contributed by atoms with van der Waals surface area (Å²) in [7, 11) is -1.75. The van der Waals surface area contributed by atoms with Gasteiger partial charge in [-0.1, -0.05) is 48.1 Å². The van der Waals surface area contributed by atoms with Crippen molar-refractivity contribution in [3.05, 3.63) is 12.2 Å². The Balaban J connectivity index is 1.76. The van der Waals surface area contributed by atoms with Crippen LogP contribution in [0.2, 0.25) is 16.6 Å². The first kappa shape index (κ1) is 15.8. The van der Waals surface area contributed by atoms with E-state index in [0.717, 1.165) is 6.42 Å². The summed E-state index contributed by atoms with van der Waals surface area (Å²) in [5, 5.41) is 0. The van der Waals surface area contributed by atoms with Crippen LogP contribution in [0.3, 0.4) is 0 Å². The lowest BCUT2D eigenvalue weighted by Crippen LogP contribution is -2.50. The number of ether oxygens (including phenoxy) is 1. The SMILES string of the molecule is C=C1C[C@H]2C[C@@H](O[Si](C(C)C)(C(C)C)C(C)C)C[C@]23O[C@H]13. The summed E-state index contributed by atoms with van der Waals surface area (Å²) < 4.78 is 13.0. The normalized spacial score (nSPS) is 38.5. The average molecular weight is 309 g/mol. The van der Waals surface area contributed by atoms with Crippen LogP contribution in [-0.2, 0) is 9.16 Å². The second-order valence-electron chi connectivity index (χ2n) is 8.51. The molecule has 2 aliphatic carbocycles. The molecule has 0 N–H and O–H groups in total. The molecule has 2 nitrogen and oxygen atoms in total. The van der Waals surface area contributed by atoms with Gasteiger partial charge in [-0.2, -0.15) is 0 Å². The average Bonchev–Trinajstić information content (AvgIpc) is 2.88. The zero-order chi connectivity index (χ0) is 15.6. The molecule has 1 spiro atoms. The van der Waals surface area contributed by atoms with Crippen molar-refractivity contribution in [2.75, 3.05) is 0 Å². The first-order valence-electron chi connectivity index (χ1n) is 8.77. The third kappa shape index (κ3) is 2.11. The third-order valence-corrected chi connectivity index (χ3v) is 12.6. The van der Waals surface area contributed by atoms with Gasteiger partial charge in [-0.25, -0.2) is 0 Å². The summed E-state index contributed by atoms with van der Waals surface area (Å²) >= 11 is 0. The highest BCUT2D eigenvalue weighted by molar-refractivity contribution is 6.77. The summed E-state index contributed by atoms with van der Waals surface area (Å²) in [5.41, 5.74) is 3.48. The fraction of sp³-hybridized carbons (Fsp3) is 0.889. The minimum Gasteiger partial charge on any atom is -0.413 e. The topological polar surface area (TPSA) is 21.8 Å². The van der Waals surface area contributed by atoms with Crippen molar-refractivity contribution >= 4 is 8.32 Å². The summed E-state index contributed by atoms with van der Waals surface area (Å²) in [5.74, 6) is 0.679. The third-order valence-electron chi connectivity index (χ3n) is 6.47. The van der Waals surface area contributed by atoms with Gasteiger partial charge in [0.25, 0.3) is 0 Å². The molecule has 1 heterocycles. The molecule has 2 saturated carbocycles. The number of hydrogen-bond acceptors (Lipinski definition) is 2. The van der Waals surface area contributed by atoms with Crippen LogP contribution in [0.15, 0.2) is 12.2 Å². The van der Waals surface area contributed by atoms with Crippen molar-refractivity contribution in [2.24, 2.45) is 5.92 Å². The molecule has 3 fully saturated rings. The van der Waals surface area contributed by atoms with Crippen molar-refractivity contribution in [3.63, 3.8) is 0 Å². The van der Waals surface area contributed by atoms with Crippen molar-refractivity contribution in [2.45, 2.75) is 95.2 Å². The van der Waals surface area contributed by atoms with Crippen molar-refractivity contribution < 1.29 is 9.16 Å². The molecule has 0 amide bonds. The van der Waals surface area contributed by atoms with Gasteiger partial charge in [-0.05, 0) is 41.0 Å². The largest absolute Gasteiger partial charge is 0.413 e. The van der Waals surface area contributed by atoms with E-state index in [2.05, 4.69) is 48.1 Å². The van der Waals surface area contributed by atoms with E-state index < -0.39 is 8.32 Å². The van der Waals surface area contributed by atoms with Gasteiger partial charge >= 0.3 is 0 Å². The van der Waals surface area contributed by atoms with Crippen LogP contribution in [0.25, 0.3) is 0 Å². The molecule has 0 unspecified atom stereocenters. The van der Waals surface area contributed by atoms with Gasteiger partial charge in [-0.3, -0.25) is 0 Å². The lowest BCUT2D eigenvalue weighted by atomic mass is 10.00. The Morgan fingerprint density at radius 1 is 1.14 bits per heavy atom. The van der Waals surface area contributed by atoms with E-state index in [1.54, 1.807) is 0 Å². The predicted octanol–water partition coefficient (Wildman–Crippen LogP) is 5.05. The molecule has 0 radical (unpaired) electrons. The molecular formula is C18H32O2Si. The van der Waals surface area contributed by atoms with E-state index in [4.69, 9.17) is 9.16 Å². The zero-order valence-electron chi connectivity index (χ0n) is 14.6. The monoisotopic (exact) mass is 308 g/mol. The number of rotatable bonds is 5. The Hall–Kier alpha value is -0.123. The smallest absolute Gasteiger partial charge is 0.200 e. The lowest BCUT2D eigenvalue weighted by Gasteiger charge is -2.44. The van der Waals surface area contributed by atoms with Gasteiger partial charge in [0.1, 0.15) is 11.7 Å². The van der Waals surface area contributed by atoms with Crippen molar-refractivity contribution in [1.29, 1.82) is 0 Å². The highest BCUT2D eigenvalue weighted by atomic mass is 28.4. The summed E-state index contributed by atoms with van der Waals surface area (Å²) in [4.78, 5) is 0. The molecule has 3 heteroatoms. The first-order valence-corrected chi connectivity index (χ1v) is 10.9. The standard InChI is InChI=1S/C18H32O2Si/c1-11(2)21(12(3)4,13(5)6)20-16-9-15-8-14(7)17-18(15,10-16)19-17/h11-13,15-17H,7-10H2,1-6H3/t15-,16+,17+,18-/m0/s1. The highest BCUT2D eigenvalue weighted by Crippen LogP contribution is 2.64. The molecule has 0 aromatic carbocycles. The fourth-order valence-electron chi connectivity index (χ4n) is 5.67. The zero-order valence-corrected chi connectivity index (χ0v) is 15.6. The van der Waals surface area contributed by atoms with Gasteiger partial charge in [0, 0.05) is 12.5 Å². The van der Waals surface area contributed by atoms with Crippen molar-refractivity contribution in [3.8, 4) is 0 Å². The Morgan fingerprint density at radius 2 is 1.71 bits per heavy atom. The molecular weight excluding hydrogens is 276 g/mol. The van der Waals surface area contributed by atoms with Crippen LogP contribution in [0.5, 0.6) is 0 Å².